The summed E-state index contributed by atoms with van der Waals surface area (Å²) in [5.74, 6) is 5.67. The SMILES string of the molecule is CCc1ncnc(-c2ccc(F)c(C(=O)N3CCOCC3)c2)c1C#Cc1ccc(N)nc1. The van der Waals surface area contributed by atoms with Gasteiger partial charge in [-0.15, -0.1) is 0 Å². The minimum Gasteiger partial charge on any atom is -0.384 e. The summed E-state index contributed by atoms with van der Waals surface area (Å²) in [5.41, 5.74) is 8.86. The topological polar surface area (TPSA) is 94.2 Å². The monoisotopic (exact) mass is 431 g/mol. The molecule has 0 spiro atoms. The summed E-state index contributed by atoms with van der Waals surface area (Å²) in [6.07, 6.45) is 3.69. The number of amides is 1. The van der Waals surface area contributed by atoms with Gasteiger partial charge in [0.05, 0.1) is 35.7 Å². The van der Waals surface area contributed by atoms with Gasteiger partial charge in [0.1, 0.15) is 18.0 Å². The predicted molar refractivity (Wildman–Crippen MR) is 118 cm³/mol. The van der Waals surface area contributed by atoms with Gasteiger partial charge in [0.2, 0.25) is 0 Å². The number of anilines is 1. The molecule has 1 saturated heterocycles. The first-order chi connectivity index (χ1) is 15.6. The number of halogens is 1. The fraction of sp³-hybridized carbons (Fsp3) is 0.250. The molecule has 1 aliphatic rings. The third-order valence-electron chi connectivity index (χ3n) is 5.15. The highest BCUT2D eigenvalue weighted by Gasteiger charge is 2.23. The summed E-state index contributed by atoms with van der Waals surface area (Å²) in [6.45, 7) is 3.72. The summed E-state index contributed by atoms with van der Waals surface area (Å²) in [4.78, 5) is 27.3. The minimum absolute atomic E-state index is 0.00250. The number of aryl methyl sites for hydroxylation is 1. The van der Waals surface area contributed by atoms with Crippen LogP contribution in [0.25, 0.3) is 11.3 Å². The van der Waals surface area contributed by atoms with Gasteiger partial charge in [-0.3, -0.25) is 4.79 Å². The number of pyridine rings is 1. The van der Waals surface area contributed by atoms with E-state index in [1.165, 1.54) is 18.5 Å². The van der Waals surface area contributed by atoms with Gasteiger partial charge in [-0.25, -0.2) is 19.3 Å². The van der Waals surface area contributed by atoms with Crippen LogP contribution in [0.2, 0.25) is 0 Å². The molecule has 1 fully saturated rings. The van der Waals surface area contributed by atoms with E-state index in [1.807, 2.05) is 6.92 Å². The van der Waals surface area contributed by atoms with Crippen molar-refractivity contribution in [1.82, 2.24) is 19.9 Å². The molecule has 1 aromatic carbocycles. The van der Waals surface area contributed by atoms with E-state index in [4.69, 9.17) is 10.5 Å². The molecule has 162 valence electrons. The number of carbonyl (C=O) groups excluding carboxylic acids is 1. The lowest BCUT2D eigenvalue weighted by Crippen LogP contribution is -2.41. The van der Waals surface area contributed by atoms with Crippen LogP contribution in [0.3, 0.4) is 0 Å². The normalized spacial score (nSPS) is 13.4. The summed E-state index contributed by atoms with van der Waals surface area (Å²) in [7, 11) is 0. The van der Waals surface area contributed by atoms with Gasteiger partial charge in [-0.2, -0.15) is 0 Å². The van der Waals surface area contributed by atoms with Gasteiger partial charge in [0, 0.05) is 30.4 Å². The van der Waals surface area contributed by atoms with Gasteiger partial charge >= 0.3 is 0 Å². The average molecular weight is 431 g/mol. The van der Waals surface area contributed by atoms with E-state index in [0.29, 0.717) is 60.9 Å². The molecule has 0 aliphatic carbocycles. The molecule has 3 heterocycles. The molecule has 32 heavy (non-hydrogen) atoms. The zero-order valence-electron chi connectivity index (χ0n) is 17.6. The van der Waals surface area contributed by atoms with Gasteiger partial charge in [0.15, 0.2) is 0 Å². The highest BCUT2D eigenvalue weighted by molar-refractivity contribution is 5.96. The number of morpholine rings is 1. The smallest absolute Gasteiger partial charge is 0.257 e. The molecule has 1 aliphatic heterocycles. The average Bonchev–Trinajstić information content (AvgIpc) is 2.84. The van der Waals surface area contributed by atoms with Gasteiger partial charge in [-0.1, -0.05) is 18.8 Å². The van der Waals surface area contributed by atoms with E-state index in [0.717, 1.165) is 5.69 Å². The maximum atomic E-state index is 14.6. The molecule has 0 bridgehead atoms. The lowest BCUT2D eigenvalue weighted by Gasteiger charge is -2.27. The summed E-state index contributed by atoms with van der Waals surface area (Å²) < 4.78 is 19.9. The highest BCUT2D eigenvalue weighted by Crippen LogP contribution is 2.26. The molecule has 0 saturated carbocycles. The first-order valence-corrected chi connectivity index (χ1v) is 10.3. The Morgan fingerprint density at radius 2 is 1.97 bits per heavy atom. The van der Waals surface area contributed by atoms with Crippen LogP contribution in [0.4, 0.5) is 10.2 Å². The number of nitrogen functional groups attached to an aromatic ring is 1. The zero-order chi connectivity index (χ0) is 22.5. The number of benzene rings is 1. The van der Waals surface area contributed by atoms with Crippen molar-refractivity contribution >= 4 is 11.7 Å². The van der Waals surface area contributed by atoms with Crippen LogP contribution < -0.4 is 5.73 Å². The molecular weight excluding hydrogens is 409 g/mol. The number of nitrogens with two attached hydrogens (primary N) is 1. The quantitative estimate of drug-likeness (QED) is 0.641. The third kappa shape index (κ3) is 4.58. The van der Waals surface area contributed by atoms with Crippen molar-refractivity contribution in [3.63, 3.8) is 0 Å². The second-order valence-electron chi connectivity index (χ2n) is 7.22. The van der Waals surface area contributed by atoms with Crippen molar-refractivity contribution in [3.8, 4) is 23.1 Å². The molecule has 1 amide bonds. The Morgan fingerprint density at radius 3 is 2.69 bits per heavy atom. The maximum Gasteiger partial charge on any atom is 0.257 e. The van der Waals surface area contributed by atoms with E-state index in [1.54, 1.807) is 29.3 Å². The molecule has 4 rings (SSSR count). The number of aromatic nitrogens is 3. The molecule has 3 aromatic rings. The van der Waals surface area contributed by atoms with Crippen molar-refractivity contribution in [2.45, 2.75) is 13.3 Å². The van der Waals surface area contributed by atoms with Crippen LogP contribution in [-0.2, 0) is 11.2 Å². The van der Waals surface area contributed by atoms with E-state index >= 15 is 0 Å². The van der Waals surface area contributed by atoms with Crippen LogP contribution in [0.5, 0.6) is 0 Å². The molecule has 0 atom stereocenters. The van der Waals surface area contributed by atoms with E-state index in [9.17, 15) is 9.18 Å². The molecule has 2 N–H and O–H groups in total. The Balaban J connectivity index is 1.75. The van der Waals surface area contributed by atoms with Crippen LogP contribution in [-0.4, -0.2) is 52.1 Å². The summed E-state index contributed by atoms with van der Waals surface area (Å²) in [5, 5.41) is 0. The Kier molecular flexibility index (Phi) is 6.38. The standard InChI is InChI=1S/C24H22FN5O2/c1-2-21-18(6-3-16-4-8-22(26)27-14-16)23(29-15-28-21)17-5-7-20(25)19(13-17)24(31)30-9-11-32-12-10-30/h4-5,7-8,13-15H,2,9-12H2,1H3,(H2,26,27). The lowest BCUT2D eigenvalue weighted by molar-refractivity contribution is 0.0300. The fourth-order valence-electron chi connectivity index (χ4n) is 3.43. The number of hydrogen-bond acceptors (Lipinski definition) is 6. The first-order valence-electron chi connectivity index (χ1n) is 10.3. The summed E-state index contributed by atoms with van der Waals surface area (Å²) in [6, 6.07) is 7.88. The summed E-state index contributed by atoms with van der Waals surface area (Å²) >= 11 is 0. The molecule has 2 aromatic heterocycles. The molecule has 8 heteroatoms. The maximum absolute atomic E-state index is 14.6. The minimum atomic E-state index is -0.574. The zero-order valence-corrected chi connectivity index (χ0v) is 17.6. The number of hydrogen-bond donors (Lipinski definition) is 1. The third-order valence-corrected chi connectivity index (χ3v) is 5.15. The number of rotatable bonds is 3. The van der Waals surface area contributed by atoms with E-state index in [-0.39, 0.29) is 11.5 Å². The Hall–Kier alpha value is -3.83. The van der Waals surface area contributed by atoms with Crippen molar-refractivity contribution in [3.05, 3.63) is 71.1 Å². The van der Waals surface area contributed by atoms with E-state index in [2.05, 4.69) is 26.8 Å². The molecular formula is C24H22FN5O2. The van der Waals surface area contributed by atoms with Crippen LogP contribution in [0.15, 0.2) is 42.9 Å². The van der Waals surface area contributed by atoms with Gasteiger partial charge < -0.3 is 15.4 Å². The van der Waals surface area contributed by atoms with Crippen molar-refractivity contribution in [1.29, 1.82) is 0 Å². The Bertz CT molecular complexity index is 1200. The highest BCUT2D eigenvalue weighted by atomic mass is 19.1. The second kappa shape index (κ2) is 9.54. The molecule has 7 nitrogen and oxygen atoms in total. The van der Waals surface area contributed by atoms with Crippen LogP contribution >= 0.6 is 0 Å². The fourth-order valence-corrected chi connectivity index (χ4v) is 3.43. The largest absolute Gasteiger partial charge is 0.384 e. The van der Waals surface area contributed by atoms with Crippen LogP contribution in [0, 0.1) is 17.7 Å². The first kappa shape index (κ1) is 21.4. The molecule has 0 radical (unpaired) electrons. The predicted octanol–water partition coefficient (Wildman–Crippen LogP) is 2.69. The van der Waals surface area contributed by atoms with Crippen molar-refractivity contribution < 1.29 is 13.9 Å². The van der Waals surface area contributed by atoms with Gasteiger partial charge in [0.25, 0.3) is 5.91 Å². The van der Waals surface area contributed by atoms with Crippen molar-refractivity contribution in [2.75, 3.05) is 32.0 Å². The second-order valence-corrected chi connectivity index (χ2v) is 7.22. The molecule has 0 unspecified atom stereocenters. The van der Waals surface area contributed by atoms with Crippen LogP contribution in [0.1, 0.15) is 34.1 Å². The number of nitrogens with zero attached hydrogens (tertiary/aromatic N) is 4. The van der Waals surface area contributed by atoms with Crippen molar-refractivity contribution in [2.24, 2.45) is 0 Å². The number of carbonyl (C=O) groups is 1. The number of ether oxygens (including phenoxy) is 1. The Labute approximate surface area is 185 Å². The lowest BCUT2D eigenvalue weighted by atomic mass is 10.0. The van der Waals surface area contributed by atoms with E-state index < -0.39 is 5.82 Å². The Morgan fingerprint density at radius 1 is 1.16 bits per heavy atom. The van der Waals surface area contributed by atoms with Gasteiger partial charge in [-0.05, 0) is 36.8 Å².